The molecule has 18 heavy (non-hydrogen) atoms. The van der Waals surface area contributed by atoms with Gasteiger partial charge in [0.15, 0.2) is 0 Å². The second kappa shape index (κ2) is 7.71. The molecule has 0 aromatic heterocycles. The van der Waals surface area contributed by atoms with Gasteiger partial charge in [-0.05, 0) is 6.08 Å². The van der Waals surface area contributed by atoms with Crippen molar-refractivity contribution in [3.63, 3.8) is 0 Å². The molecular formula is C14H17NO2S. The fraction of sp³-hybridized carbons (Fsp3) is 0.286. The van der Waals surface area contributed by atoms with Crippen LogP contribution in [0.3, 0.4) is 0 Å². The Morgan fingerprint density at radius 1 is 1.50 bits per heavy atom. The van der Waals surface area contributed by atoms with E-state index in [9.17, 15) is 4.79 Å². The molecule has 0 atom stereocenters. The van der Waals surface area contributed by atoms with E-state index in [0.717, 1.165) is 16.2 Å². The predicted molar refractivity (Wildman–Crippen MR) is 78.0 cm³/mol. The average Bonchev–Trinajstić information content (AvgIpc) is 2.43. The summed E-state index contributed by atoms with van der Waals surface area (Å²) in [5.74, 6) is 0.478. The second-order valence-electron chi connectivity index (χ2n) is 3.48. The van der Waals surface area contributed by atoms with Gasteiger partial charge < -0.3 is 4.74 Å². The molecule has 0 N–H and O–H groups in total. The first-order valence-electron chi connectivity index (χ1n) is 5.61. The molecule has 0 aliphatic heterocycles. The third kappa shape index (κ3) is 4.04. The number of aliphatic imine (C=N–C) groups is 1. The van der Waals surface area contributed by atoms with Crippen molar-refractivity contribution in [2.24, 2.45) is 4.99 Å². The maximum Gasteiger partial charge on any atom is 0.306 e. The first-order chi connectivity index (χ1) is 8.72. The van der Waals surface area contributed by atoms with Crippen LogP contribution in [0, 0.1) is 0 Å². The molecule has 1 rings (SSSR count). The molecule has 0 spiro atoms. The molecule has 0 fully saturated rings. The van der Waals surface area contributed by atoms with Gasteiger partial charge in [0.1, 0.15) is 0 Å². The highest BCUT2D eigenvalue weighted by molar-refractivity contribution is 8.03. The third-order valence-corrected chi connectivity index (χ3v) is 3.49. The average molecular weight is 263 g/mol. The minimum Gasteiger partial charge on any atom is -0.469 e. The minimum atomic E-state index is -0.195. The lowest BCUT2D eigenvalue weighted by Crippen LogP contribution is -2.04. The zero-order valence-corrected chi connectivity index (χ0v) is 11.5. The van der Waals surface area contributed by atoms with Gasteiger partial charge in [-0.3, -0.25) is 9.79 Å². The van der Waals surface area contributed by atoms with Crippen molar-refractivity contribution >= 4 is 23.4 Å². The topological polar surface area (TPSA) is 38.7 Å². The molecule has 1 aliphatic rings. The maximum atomic E-state index is 11.1. The van der Waals surface area contributed by atoms with E-state index in [4.69, 9.17) is 0 Å². The summed E-state index contributed by atoms with van der Waals surface area (Å²) in [7, 11) is 3.16. The molecule has 0 amide bonds. The summed E-state index contributed by atoms with van der Waals surface area (Å²) in [6, 6.07) is 0. The van der Waals surface area contributed by atoms with Crippen LogP contribution in [0.4, 0.5) is 0 Å². The highest BCUT2D eigenvalue weighted by Gasteiger charge is 2.09. The number of hydrogen-bond acceptors (Lipinski definition) is 4. The molecule has 3 nitrogen and oxygen atoms in total. The lowest BCUT2D eigenvalue weighted by molar-refractivity contribution is -0.140. The van der Waals surface area contributed by atoms with Crippen molar-refractivity contribution in [3.8, 4) is 0 Å². The van der Waals surface area contributed by atoms with E-state index in [0.29, 0.717) is 12.2 Å². The van der Waals surface area contributed by atoms with Crippen molar-refractivity contribution in [2.75, 3.05) is 19.9 Å². The fourth-order valence-corrected chi connectivity index (χ4v) is 2.40. The van der Waals surface area contributed by atoms with E-state index in [-0.39, 0.29) is 5.97 Å². The van der Waals surface area contributed by atoms with Gasteiger partial charge in [0.25, 0.3) is 0 Å². The summed E-state index contributed by atoms with van der Waals surface area (Å²) in [5, 5.41) is 0. The van der Waals surface area contributed by atoms with Crippen LogP contribution in [-0.2, 0) is 9.53 Å². The quantitative estimate of drug-likeness (QED) is 0.716. The number of ether oxygens (including phenoxy) is 1. The molecule has 0 saturated carbocycles. The number of thioether (sulfide) groups is 1. The van der Waals surface area contributed by atoms with Crippen LogP contribution in [0.1, 0.15) is 6.42 Å². The SMILES string of the molecule is C=C/C(SCCC(=O)OC)=C1/C=CC=CC1=NC. The number of carbonyl (C=O) groups is 1. The summed E-state index contributed by atoms with van der Waals surface area (Å²) in [6.07, 6.45) is 10.1. The Bertz CT molecular complexity index is 445. The molecule has 96 valence electrons. The summed E-state index contributed by atoms with van der Waals surface area (Å²) in [6.45, 7) is 3.82. The van der Waals surface area contributed by atoms with E-state index in [1.165, 1.54) is 7.11 Å². The Hall–Kier alpha value is -1.55. The van der Waals surface area contributed by atoms with Gasteiger partial charge >= 0.3 is 5.97 Å². The molecule has 0 aromatic carbocycles. The molecule has 1 aliphatic carbocycles. The van der Waals surface area contributed by atoms with Crippen molar-refractivity contribution in [3.05, 3.63) is 47.4 Å². The number of hydrogen-bond donors (Lipinski definition) is 0. The van der Waals surface area contributed by atoms with Gasteiger partial charge in [-0.15, -0.1) is 11.8 Å². The van der Waals surface area contributed by atoms with Crippen LogP contribution in [0.15, 0.2) is 52.4 Å². The normalized spacial score (nSPS) is 18.9. The Labute approximate surface area is 112 Å². The number of rotatable bonds is 5. The van der Waals surface area contributed by atoms with Gasteiger partial charge in [-0.25, -0.2) is 0 Å². The number of carbonyl (C=O) groups excluding carboxylic acids is 1. The summed E-state index contributed by atoms with van der Waals surface area (Å²) >= 11 is 1.59. The van der Waals surface area contributed by atoms with Crippen LogP contribution >= 0.6 is 11.8 Å². The molecule has 4 heteroatoms. The Morgan fingerprint density at radius 2 is 2.22 bits per heavy atom. The maximum absolute atomic E-state index is 11.1. The lowest BCUT2D eigenvalue weighted by Gasteiger charge is -2.11. The Balaban J connectivity index is 2.75. The van der Waals surface area contributed by atoms with E-state index in [1.54, 1.807) is 24.9 Å². The zero-order valence-electron chi connectivity index (χ0n) is 10.7. The lowest BCUT2D eigenvalue weighted by atomic mass is 10.1. The number of allylic oxidation sites excluding steroid dienone is 6. The van der Waals surface area contributed by atoms with E-state index >= 15 is 0 Å². The minimum absolute atomic E-state index is 0.195. The molecule has 0 radical (unpaired) electrons. The highest BCUT2D eigenvalue weighted by Crippen LogP contribution is 2.25. The predicted octanol–water partition coefficient (Wildman–Crippen LogP) is 2.92. The summed E-state index contributed by atoms with van der Waals surface area (Å²) in [4.78, 5) is 16.3. The van der Waals surface area contributed by atoms with Crippen molar-refractivity contribution in [1.82, 2.24) is 0 Å². The van der Waals surface area contributed by atoms with Crippen molar-refractivity contribution in [2.45, 2.75) is 6.42 Å². The van der Waals surface area contributed by atoms with Crippen LogP contribution in [0.2, 0.25) is 0 Å². The highest BCUT2D eigenvalue weighted by atomic mass is 32.2. The van der Waals surface area contributed by atoms with Gasteiger partial charge in [-0.2, -0.15) is 0 Å². The first kappa shape index (κ1) is 14.5. The smallest absolute Gasteiger partial charge is 0.306 e. The molecule has 0 saturated heterocycles. The van der Waals surface area contributed by atoms with Crippen LogP contribution in [0.5, 0.6) is 0 Å². The first-order valence-corrected chi connectivity index (χ1v) is 6.59. The number of esters is 1. The van der Waals surface area contributed by atoms with Gasteiger partial charge in [-0.1, -0.05) is 30.9 Å². The third-order valence-electron chi connectivity index (χ3n) is 2.39. The molecule has 0 aromatic rings. The Morgan fingerprint density at radius 3 is 2.83 bits per heavy atom. The van der Waals surface area contributed by atoms with E-state index in [1.807, 2.05) is 24.3 Å². The van der Waals surface area contributed by atoms with Crippen LogP contribution < -0.4 is 0 Å². The molecular weight excluding hydrogens is 246 g/mol. The van der Waals surface area contributed by atoms with Gasteiger partial charge in [0, 0.05) is 23.3 Å². The molecule has 0 unspecified atom stereocenters. The number of nitrogens with zero attached hydrogens (tertiary/aromatic N) is 1. The monoisotopic (exact) mass is 263 g/mol. The van der Waals surface area contributed by atoms with E-state index in [2.05, 4.69) is 16.3 Å². The van der Waals surface area contributed by atoms with Crippen LogP contribution in [0.25, 0.3) is 0 Å². The summed E-state index contributed by atoms with van der Waals surface area (Å²) in [5.41, 5.74) is 1.97. The van der Waals surface area contributed by atoms with Crippen LogP contribution in [-0.4, -0.2) is 31.6 Å². The standard InChI is InChI=1S/C14H17NO2S/c1-4-13(18-10-9-14(16)17-3)11-7-5-6-8-12(11)15-2/h4-8H,1,9-10H2,2-3H3/b13-11+,15-12?. The largest absolute Gasteiger partial charge is 0.469 e. The molecule has 0 bridgehead atoms. The van der Waals surface area contributed by atoms with Gasteiger partial charge in [0.05, 0.1) is 19.2 Å². The van der Waals surface area contributed by atoms with Crippen molar-refractivity contribution < 1.29 is 9.53 Å². The fourth-order valence-electron chi connectivity index (χ4n) is 1.47. The second-order valence-corrected chi connectivity index (χ2v) is 4.62. The van der Waals surface area contributed by atoms with E-state index < -0.39 is 0 Å². The Kier molecular flexibility index (Phi) is 6.22. The molecule has 0 heterocycles. The zero-order chi connectivity index (χ0) is 13.4. The van der Waals surface area contributed by atoms with Gasteiger partial charge in [0.2, 0.25) is 0 Å². The summed E-state index contributed by atoms with van der Waals surface area (Å²) < 4.78 is 4.61. The van der Waals surface area contributed by atoms with Crippen molar-refractivity contribution in [1.29, 1.82) is 0 Å². The number of methoxy groups -OCH3 is 1.